The quantitative estimate of drug-likeness (QED) is 0.892. The van der Waals surface area contributed by atoms with Gasteiger partial charge in [0.15, 0.2) is 0 Å². The van der Waals surface area contributed by atoms with Crippen molar-refractivity contribution in [2.75, 3.05) is 11.5 Å². The number of halogens is 3. The van der Waals surface area contributed by atoms with Crippen LogP contribution in [0.2, 0.25) is 0 Å². The molecule has 0 radical (unpaired) electrons. The van der Waals surface area contributed by atoms with Crippen LogP contribution in [0.25, 0.3) is 0 Å². The van der Waals surface area contributed by atoms with E-state index in [9.17, 15) is 13.2 Å². The SMILES string of the molecule is Cc1nc(N)nc(N)c1CCC(C)(C)c1ccc(C(F)(F)F)nc1. The molecule has 0 saturated heterocycles. The Morgan fingerprint density at radius 2 is 1.75 bits per heavy atom. The molecule has 0 aromatic carbocycles. The molecular weight excluding hydrogens is 319 g/mol. The average Bonchev–Trinajstić information content (AvgIpc) is 2.45. The van der Waals surface area contributed by atoms with E-state index >= 15 is 0 Å². The number of alkyl halides is 3. The van der Waals surface area contributed by atoms with Gasteiger partial charge in [0.05, 0.1) is 0 Å². The smallest absolute Gasteiger partial charge is 0.383 e. The van der Waals surface area contributed by atoms with Crippen LogP contribution in [0.3, 0.4) is 0 Å². The molecule has 0 spiro atoms. The molecular formula is C16H20F3N5. The fourth-order valence-corrected chi connectivity index (χ4v) is 2.49. The molecule has 0 unspecified atom stereocenters. The van der Waals surface area contributed by atoms with Gasteiger partial charge in [-0.3, -0.25) is 4.98 Å². The molecule has 0 saturated carbocycles. The summed E-state index contributed by atoms with van der Waals surface area (Å²) in [6, 6.07) is 2.47. The third-order valence-electron chi connectivity index (χ3n) is 4.10. The van der Waals surface area contributed by atoms with Crippen LogP contribution in [-0.2, 0) is 18.0 Å². The van der Waals surface area contributed by atoms with Crippen LogP contribution in [0.15, 0.2) is 18.3 Å². The number of anilines is 2. The van der Waals surface area contributed by atoms with Gasteiger partial charge in [0.2, 0.25) is 5.95 Å². The zero-order valence-corrected chi connectivity index (χ0v) is 13.8. The van der Waals surface area contributed by atoms with E-state index in [2.05, 4.69) is 15.0 Å². The third-order valence-corrected chi connectivity index (χ3v) is 4.10. The lowest BCUT2D eigenvalue weighted by atomic mass is 9.80. The first-order valence-electron chi connectivity index (χ1n) is 7.43. The van der Waals surface area contributed by atoms with Gasteiger partial charge in [0.25, 0.3) is 0 Å². The van der Waals surface area contributed by atoms with Crippen LogP contribution in [-0.4, -0.2) is 15.0 Å². The van der Waals surface area contributed by atoms with Crippen LogP contribution < -0.4 is 11.5 Å². The van der Waals surface area contributed by atoms with Gasteiger partial charge >= 0.3 is 6.18 Å². The molecule has 0 aliphatic heterocycles. The molecule has 0 aliphatic carbocycles. The lowest BCUT2D eigenvalue weighted by Crippen LogP contribution is -2.20. The summed E-state index contributed by atoms with van der Waals surface area (Å²) in [4.78, 5) is 11.6. The number of nitrogens with zero attached hydrogens (tertiary/aromatic N) is 3. The summed E-state index contributed by atoms with van der Waals surface area (Å²) in [7, 11) is 0. The Kier molecular flexibility index (Phi) is 4.68. The Balaban J connectivity index is 2.17. The predicted octanol–water partition coefficient (Wildman–Crippen LogP) is 3.27. The number of aromatic nitrogens is 3. The zero-order chi connectivity index (χ0) is 18.1. The second-order valence-corrected chi connectivity index (χ2v) is 6.34. The van der Waals surface area contributed by atoms with E-state index < -0.39 is 11.9 Å². The molecule has 4 N–H and O–H groups in total. The first-order chi connectivity index (χ1) is 11.0. The molecule has 24 heavy (non-hydrogen) atoms. The van der Waals surface area contributed by atoms with Gasteiger partial charge in [0, 0.05) is 17.5 Å². The van der Waals surface area contributed by atoms with Crippen molar-refractivity contribution in [1.82, 2.24) is 15.0 Å². The monoisotopic (exact) mass is 339 g/mol. The maximum Gasteiger partial charge on any atom is 0.433 e. The maximum atomic E-state index is 12.6. The average molecular weight is 339 g/mol. The van der Waals surface area contributed by atoms with Crippen LogP contribution in [0.1, 0.15) is 42.8 Å². The summed E-state index contributed by atoms with van der Waals surface area (Å²) in [6.45, 7) is 5.69. The van der Waals surface area contributed by atoms with Crippen molar-refractivity contribution in [2.24, 2.45) is 0 Å². The Hall–Kier alpha value is -2.38. The Morgan fingerprint density at radius 1 is 1.08 bits per heavy atom. The van der Waals surface area contributed by atoms with Crippen LogP contribution >= 0.6 is 0 Å². The number of rotatable bonds is 4. The Labute approximate surface area is 138 Å². The van der Waals surface area contributed by atoms with Crippen molar-refractivity contribution in [1.29, 1.82) is 0 Å². The van der Waals surface area contributed by atoms with E-state index in [1.807, 2.05) is 13.8 Å². The number of hydrogen-bond acceptors (Lipinski definition) is 5. The first-order valence-corrected chi connectivity index (χ1v) is 7.43. The zero-order valence-electron chi connectivity index (χ0n) is 13.8. The van der Waals surface area contributed by atoms with E-state index in [-0.39, 0.29) is 11.4 Å². The number of hydrogen-bond donors (Lipinski definition) is 2. The minimum Gasteiger partial charge on any atom is -0.383 e. The van der Waals surface area contributed by atoms with Gasteiger partial charge in [-0.2, -0.15) is 18.2 Å². The van der Waals surface area contributed by atoms with E-state index in [1.54, 1.807) is 6.92 Å². The van der Waals surface area contributed by atoms with Gasteiger partial charge < -0.3 is 11.5 Å². The number of aryl methyl sites for hydroxylation is 1. The fourth-order valence-electron chi connectivity index (χ4n) is 2.49. The highest BCUT2D eigenvalue weighted by Gasteiger charge is 2.33. The third kappa shape index (κ3) is 3.93. The summed E-state index contributed by atoms with van der Waals surface area (Å²) < 4.78 is 37.8. The number of pyridine rings is 1. The van der Waals surface area contributed by atoms with Crippen molar-refractivity contribution in [3.63, 3.8) is 0 Å². The minimum absolute atomic E-state index is 0.125. The molecule has 0 aliphatic rings. The van der Waals surface area contributed by atoms with Crippen LogP contribution in [0, 0.1) is 6.92 Å². The minimum atomic E-state index is -4.43. The van der Waals surface area contributed by atoms with Crippen LogP contribution in [0.5, 0.6) is 0 Å². The molecule has 0 fully saturated rings. The topological polar surface area (TPSA) is 90.7 Å². The van der Waals surface area contributed by atoms with Crippen LogP contribution in [0.4, 0.5) is 24.9 Å². The largest absolute Gasteiger partial charge is 0.433 e. The van der Waals surface area contributed by atoms with E-state index in [0.29, 0.717) is 24.4 Å². The van der Waals surface area contributed by atoms with Crippen molar-refractivity contribution in [3.8, 4) is 0 Å². The summed E-state index contributed by atoms with van der Waals surface area (Å²) in [5, 5.41) is 0. The molecule has 0 atom stereocenters. The summed E-state index contributed by atoms with van der Waals surface area (Å²) in [5.41, 5.74) is 12.4. The lowest BCUT2D eigenvalue weighted by molar-refractivity contribution is -0.141. The molecule has 5 nitrogen and oxygen atoms in total. The molecule has 8 heteroatoms. The second kappa shape index (κ2) is 6.26. The molecule has 0 bridgehead atoms. The molecule has 0 amide bonds. The van der Waals surface area contributed by atoms with Gasteiger partial charge in [-0.25, -0.2) is 4.98 Å². The summed E-state index contributed by atoms with van der Waals surface area (Å²) in [6.07, 6.45) is -1.92. The van der Waals surface area contributed by atoms with E-state index in [4.69, 9.17) is 11.5 Å². The molecule has 130 valence electrons. The number of nitrogens with two attached hydrogens (primary N) is 2. The maximum absolute atomic E-state index is 12.6. The lowest BCUT2D eigenvalue weighted by Gasteiger charge is -2.25. The normalized spacial score (nSPS) is 12.4. The van der Waals surface area contributed by atoms with Crippen molar-refractivity contribution >= 4 is 11.8 Å². The molecule has 2 aromatic heterocycles. The number of nitrogen functional groups attached to an aromatic ring is 2. The fraction of sp³-hybridized carbons (Fsp3) is 0.438. The highest BCUT2D eigenvalue weighted by atomic mass is 19.4. The molecule has 2 aromatic rings. The predicted molar refractivity (Wildman–Crippen MR) is 86.2 cm³/mol. The summed E-state index contributed by atoms with van der Waals surface area (Å²) >= 11 is 0. The van der Waals surface area contributed by atoms with E-state index in [1.165, 1.54) is 12.3 Å². The van der Waals surface area contributed by atoms with Gasteiger partial charge in [-0.15, -0.1) is 0 Å². The van der Waals surface area contributed by atoms with Gasteiger partial charge in [-0.1, -0.05) is 19.9 Å². The summed E-state index contributed by atoms with van der Waals surface area (Å²) in [5.74, 6) is 0.460. The standard InChI is InChI=1S/C16H20F3N5/c1-9-11(13(20)24-14(21)23-9)6-7-15(2,3)10-4-5-12(22-8-10)16(17,18)19/h4-5,8H,6-7H2,1-3H3,(H4,20,21,23,24). The second-order valence-electron chi connectivity index (χ2n) is 6.34. The van der Waals surface area contributed by atoms with Gasteiger partial charge in [-0.05, 0) is 36.8 Å². The van der Waals surface area contributed by atoms with Crippen molar-refractivity contribution < 1.29 is 13.2 Å². The van der Waals surface area contributed by atoms with E-state index in [0.717, 1.165) is 17.2 Å². The highest BCUT2D eigenvalue weighted by Crippen LogP contribution is 2.32. The Morgan fingerprint density at radius 3 is 2.25 bits per heavy atom. The first kappa shape index (κ1) is 18.0. The van der Waals surface area contributed by atoms with Gasteiger partial charge in [0.1, 0.15) is 11.5 Å². The molecule has 2 heterocycles. The van der Waals surface area contributed by atoms with Crippen molar-refractivity contribution in [3.05, 3.63) is 40.8 Å². The van der Waals surface area contributed by atoms with Crippen molar-refractivity contribution in [2.45, 2.75) is 45.2 Å². The Bertz CT molecular complexity index is 700. The molecule has 2 rings (SSSR count). The highest BCUT2D eigenvalue weighted by molar-refractivity contribution is 5.45.